The maximum Gasteiger partial charge on any atom is -0.0360 e. The van der Waals surface area contributed by atoms with Crippen molar-refractivity contribution in [3.8, 4) is 0 Å². The summed E-state index contributed by atoms with van der Waals surface area (Å²) in [6.45, 7) is 7.09. The van der Waals surface area contributed by atoms with Gasteiger partial charge in [-0.1, -0.05) is 46.5 Å². The minimum Gasteiger partial charge on any atom is -0.0654 e. The molecule has 0 amide bonds. The van der Waals surface area contributed by atoms with Crippen LogP contribution in [0.4, 0.5) is 0 Å². The van der Waals surface area contributed by atoms with Crippen LogP contribution in [0.5, 0.6) is 0 Å². The van der Waals surface area contributed by atoms with Gasteiger partial charge >= 0.3 is 0 Å². The van der Waals surface area contributed by atoms with Crippen LogP contribution in [0, 0.1) is 17.8 Å². The summed E-state index contributed by atoms with van der Waals surface area (Å²) in [6, 6.07) is 0. The largest absolute Gasteiger partial charge is 0.0654 e. The van der Waals surface area contributed by atoms with Gasteiger partial charge in [-0.3, -0.25) is 0 Å². The van der Waals surface area contributed by atoms with Gasteiger partial charge < -0.3 is 0 Å². The van der Waals surface area contributed by atoms with Crippen LogP contribution in [-0.4, -0.2) is 0 Å². The minimum atomic E-state index is 1.03. The molecule has 0 heterocycles. The highest BCUT2D eigenvalue weighted by Gasteiger charge is 2.31. The molecule has 0 N–H and O–H groups in total. The Morgan fingerprint density at radius 3 is 2.27 bits per heavy atom. The second kappa shape index (κ2) is 4.13. The van der Waals surface area contributed by atoms with E-state index >= 15 is 0 Å². The summed E-state index contributed by atoms with van der Waals surface area (Å²) < 4.78 is 0. The van der Waals surface area contributed by atoms with Crippen LogP contribution >= 0.6 is 0 Å². The van der Waals surface area contributed by atoms with Crippen LogP contribution < -0.4 is 0 Å². The van der Waals surface area contributed by atoms with Crippen molar-refractivity contribution in [2.75, 3.05) is 0 Å². The third-order valence-electron chi connectivity index (χ3n) is 3.48. The highest BCUT2D eigenvalue weighted by Crippen LogP contribution is 2.42. The smallest absolute Gasteiger partial charge is 0.0360 e. The third-order valence-corrected chi connectivity index (χ3v) is 3.48. The Bertz CT molecular complexity index is 107. The van der Waals surface area contributed by atoms with E-state index in [2.05, 4.69) is 20.8 Å². The number of hydrogen-bond donors (Lipinski definition) is 0. The molecule has 0 aliphatic heterocycles. The molecule has 0 radical (unpaired) electrons. The van der Waals surface area contributed by atoms with Crippen molar-refractivity contribution in [2.45, 2.75) is 52.9 Å². The molecule has 0 aromatic carbocycles. The SMILES string of the molecule is CCCC(CC)C1CCC1C. The summed E-state index contributed by atoms with van der Waals surface area (Å²) >= 11 is 0. The standard InChI is InChI=1S/C11H22/c1-4-6-10(5-2)11-8-7-9(11)3/h9-11H,4-8H2,1-3H3. The van der Waals surface area contributed by atoms with Crippen LogP contribution in [0.15, 0.2) is 0 Å². The molecule has 0 aromatic rings. The Morgan fingerprint density at radius 2 is 2.00 bits per heavy atom. The quantitative estimate of drug-likeness (QED) is 0.577. The van der Waals surface area contributed by atoms with E-state index in [0.717, 1.165) is 17.8 Å². The van der Waals surface area contributed by atoms with E-state index in [1.165, 1.54) is 32.1 Å². The predicted molar refractivity (Wildman–Crippen MR) is 50.6 cm³/mol. The van der Waals surface area contributed by atoms with Gasteiger partial charge in [-0.05, 0) is 24.2 Å². The molecule has 0 saturated heterocycles. The van der Waals surface area contributed by atoms with Crippen molar-refractivity contribution in [3.05, 3.63) is 0 Å². The summed E-state index contributed by atoms with van der Waals surface area (Å²) in [4.78, 5) is 0. The summed E-state index contributed by atoms with van der Waals surface area (Å²) in [5.74, 6) is 3.16. The predicted octanol–water partition coefficient (Wildman–Crippen LogP) is 3.86. The summed E-state index contributed by atoms with van der Waals surface area (Å²) in [5.41, 5.74) is 0. The first-order chi connectivity index (χ1) is 5.29. The molecule has 1 aliphatic rings. The van der Waals surface area contributed by atoms with Crippen molar-refractivity contribution in [3.63, 3.8) is 0 Å². The number of hydrogen-bond acceptors (Lipinski definition) is 0. The normalized spacial score (nSPS) is 33.0. The fourth-order valence-corrected chi connectivity index (χ4v) is 2.48. The van der Waals surface area contributed by atoms with Gasteiger partial charge in [-0.15, -0.1) is 0 Å². The van der Waals surface area contributed by atoms with E-state index in [1.807, 2.05) is 0 Å². The molecule has 1 rings (SSSR count). The van der Waals surface area contributed by atoms with E-state index in [0.29, 0.717) is 0 Å². The first-order valence-corrected chi connectivity index (χ1v) is 5.29. The summed E-state index contributed by atoms with van der Waals surface area (Å²) in [6.07, 6.45) is 7.25. The monoisotopic (exact) mass is 154 g/mol. The van der Waals surface area contributed by atoms with Crippen molar-refractivity contribution < 1.29 is 0 Å². The highest BCUT2D eigenvalue weighted by molar-refractivity contribution is 4.82. The zero-order valence-corrected chi connectivity index (χ0v) is 8.27. The lowest BCUT2D eigenvalue weighted by molar-refractivity contribution is 0.109. The molecule has 1 aliphatic carbocycles. The molecule has 11 heavy (non-hydrogen) atoms. The Labute approximate surface area is 71.4 Å². The van der Waals surface area contributed by atoms with Crippen LogP contribution in [0.3, 0.4) is 0 Å². The lowest BCUT2D eigenvalue weighted by atomic mass is 9.66. The van der Waals surface area contributed by atoms with Crippen molar-refractivity contribution in [2.24, 2.45) is 17.8 Å². The maximum absolute atomic E-state index is 2.42. The van der Waals surface area contributed by atoms with E-state index in [9.17, 15) is 0 Å². The van der Waals surface area contributed by atoms with Crippen molar-refractivity contribution >= 4 is 0 Å². The first-order valence-electron chi connectivity index (χ1n) is 5.29. The van der Waals surface area contributed by atoms with Gasteiger partial charge in [0.25, 0.3) is 0 Å². The van der Waals surface area contributed by atoms with Gasteiger partial charge in [-0.2, -0.15) is 0 Å². The fraction of sp³-hybridized carbons (Fsp3) is 1.00. The first kappa shape index (κ1) is 9.09. The molecular formula is C11H22. The fourth-order valence-electron chi connectivity index (χ4n) is 2.48. The molecule has 0 aromatic heterocycles. The molecule has 3 unspecified atom stereocenters. The molecule has 3 atom stereocenters. The Morgan fingerprint density at radius 1 is 1.27 bits per heavy atom. The van der Waals surface area contributed by atoms with Gasteiger partial charge in [0.2, 0.25) is 0 Å². The molecule has 0 nitrogen and oxygen atoms in total. The van der Waals surface area contributed by atoms with E-state index in [-0.39, 0.29) is 0 Å². The second-order valence-electron chi connectivity index (χ2n) is 4.18. The van der Waals surface area contributed by atoms with E-state index in [4.69, 9.17) is 0 Å². The molecule has 0 bridgehead atoms. The maximum atomic E-state index is 2.42. The summed E-state index contributed by atoms with van der Waals surface area (Å²) in [5, 5.41) is 0. The Kier molecular flexibility index (Phi) is 3.42. The topological polar surface area (TPSA) is 0 Å². The van der Waals surface area contributed by atoms with Crippen molar-refractivity contribution in [1.82, 2.24) is 0 Å². The van der Waals surface area contributed by atoms with Crippen LogP contribution in [0.1, 0.15) is 52.9 Å². The third kappa shape index (κ3) is 1.98. The number of rotatable bonds is 4. The van der Waals surface area contributed by atoms with E-state index in [1.54, 1.807) is 0 Å². The molecule has 0 spiro atoms. The zero-order valence-electron chi connectivity index (χ0n) is 8.27. The van der Waals surface area contributed by atoms with Gasteiger partial charge in [0.1, 0.15) is 0 Å². The Balaban J connectivity index is 2.29. The Hall–Kier alpha value is 0. The lowest BCUT2D eigenvalue weighted by Gasteiger charge is -2.39. The average molecular weight is 154 g/mol. The zero-order chi connectivity index (χ0) is 8.27. The second-order valence-corrected chi connectivity index (χ2v) is 4.18. The average Bonchev–Trinajstić information content (AvgIpc) is 2.01. The van der Waals surface area contributed by atoms with Gasteiger partial charge in [0, 0.05) is 0 Å². The molecular weight excluding hydrogens is 132 g/mol. The molecule has 0 heteroatoms. The van der Waals surface area contributed by atoms with Gasteiger partial charge in [0.15, 0.2) is 0 Å². The molecule has 1 fully saturated rings. The van der Waals surface area contributed by atoms with Crippen LogP contribution in [-0.2, 0) is 0 Å². The molecule has 66 valence electrons. The lowest BCUT2D eigenvalue weighted by Crippen LogP contribution is -2.30. The highest BCUT2D eigenvalue weighted by atomic mass is 14.4. The minimum absolute atomic E-state index is 1.03. The van der Waals surface area contributed by atoms with Gasteiger partial charge in [0.05, 0.1) is 0 Å². The van der Waals surface area contributed by atoms with E-state index < -0.39 is 0 Å². The molecule has 1 saturated carbocycles. The van der Waals surface area contributed by atoms with Gasteiger partial charge in [-0.25, -0.2) is 0 Å². The van der Waals surface area contributed by atoms with Crippen LogP contribution in [0.2, 0.25) is 0 Å². The van der Waals surface area contributed by atoms with Crippen LogP contribution in [0.25, 0.3) is 0 Å². The summed E-state index contributed by atoms with van der Waals surface area (Å²) in [7, 11) is 0. The van der Waals surface area contributed by atoms with Crippen molar-refractivity contribution in [1.29, 1.82) is 0 Å².